The largest absolute Gasteiger partial charge is 0.200 e. The van der Waals surface area contributed by atoms with E-state index in [0.717, 1.165) is 10.6 Å². The summed E-state index contributed by atoms with van der Waals surface area (Å²) >= 11 is 0. The van der Waals surface area contributed by atoms with Crippen LogP contribution in [0.3, 0.4) is 0 Å². The van der Waals surface area contributed by atoms with Crippen molar-refractivity contribution in [2.45, 2.75) is 45.2 Å². The lowest BCUT2D eigenvalue weighted by atomic mass is 9.82. The molecule has 1 N–H and O–H groups in total. The summed E-state index contributed by atoms with van der Waals surface area (Å²) in [7, 11) is 0. The van der Waals surface area contributed by atoms with Gasteiger partial charge < -0.3 is 0 Å². The Morgan fingerprint density at radius 1 is 1.38 bits per heavy atom. The van der Waals surface area contributed by atoms with Crippen molar-refractivity contribution in [1.82, 2.24) is 25.7 Å². The average molecular weight is 222 g/mol. The van der Waals surface area contributed by atoms with Crippen LogP contribution in [0.4, 0.5) is 0 Å². The molecule has 0 aliphatic carbocycles. The summed E-state index contributed by atoms with van der Waals surface area (Å²) in [5.74, 6) is 0.578. The van der Waals surface area contributed by atoms with Crippen LogP contribution in [0.2, 0.25) is 0 Å². The van der Waals surface area contributed by atoms with Gasteiger partial charge in [0.1, 0.15) is 0 Å². The maximum Gasteiger partial charge on any atom is 0.200 e. The van der Waals surface area contributed by atoms with Crippen molar-refractivity contribution in [2.24, 2.45) is 0 Å². The second kappa shape index (κ2) is 3.36. The van der Waals surface area contributed by atoms with Gasteiger partial charge >= 0.3 is 0 Å². The van der Waals surface area contributed by atoms with Crippen LogP contribution < -0.4 is 0 Å². The minimum absolute atomic E-state index is 0.450. The van der Waals surface area contributed by atoms with Crippen molar-refractivity contribution >= 4 is 5.57 Å². The molecule has 0 bridgehead atoms. The van der Waals surface area contributed by atoms with E-state index in [0.29, 0.717) is 12.2 Å². The SMILES string of the molecule is CC1(C)C=C(c2nn[nH]n2)CC(C)(C)N1[O]. The number of hydrogen-bond donors (Lipinski definition) is 1. The smallest absolute Gasteiger partial charge is 0.177 e. The Bertz CT molecular complexity index is 407. The fourth-order valence-electron chi connectivity index (χ4n) is 2.30. The molecule has 87 valence electrons. The highest BCUT2D eigenvalue weighted by Gasteiger charge is 2.42. The van der Waals surface area contributed by atoms with Crippen LogP contribution in [0.25, 0.3) is 5.57 Å². The van der Waals surface area contributed by atoms with Crippen molar-refractivity contribution in [1.29, 1.82) is 0 Å². The van der Waals surface area contributed by atoms with Crippen molar-refractivity contribution in [3.05, 3.63) is 11.9 Å². The molecule has 1 aromatic heterocycles. The number of aromatic nitrogens is 4. The first kappa shape index (κ1) is 11.2. The van der Waals surface area contributed by atoms with E-state index in [1.54, 1.807) is 0 Å². The molecule has 0 atom stereocenters. The molecule has 1 aromatic rings. The molecule has 1 radical (unpaired) electrons. The number of hydrogen-bond acceptors (Lipinski definition) is 4. The van der Waals surface area contributed by atoms with E-state index in [-0.39, 0.29) is 0 Å². The van der Waals surface area contributed by atoms with E-state index < -0.39 is 11.1 Å². The Kier molecular flexibility index (Phi) is 2.36. The van der Waals surface area contributed by atoms with E-state index in [4.69, 9.17) is 0 Å². The summed E-state index contributed by atoms with van der Waals surface area (Å²) < 4.78 is 0. The highest BCUT2D eigenvalue weighted by atomic mass is 16.5. The predicted molar refractivity (Wildman–Crippen MR) is 57.5 cm³/mol. The maximum atomic E-state index is 12.1. The summed E-state index contributed by atoms with van der Waals surface area (Å²) in [6.07, 6.45) is 2.54. The van der Waals surface area contributed by atoms with E-state index in [1.165, 1.54) is 0 Å². The van der Waals surface area contributed by atoms with Crippen LogP contribution in [0.5, 0.6) is 0 Å². The van der Waals surface area contributed by atoms with Gasteiger partial charge in [-0.1, -0.05) is 6.08 Å². The second-order valence-corrected chi connectivity index (χ2v) is 5.34. The maximum absolute atomic E-state index is 12.1. The summed E-state index contributed by atoms with van der Waals surface area (Å²) in [6, 6.07) is 0. The summed E-state index contributed by atoms with van der Waals surface area (Å²) in [6.45, 7) is 7.63. The van der Waals surface area contributed by atoms with E-state index in [1.807, 2.05) is 33.8 Å². The molecule has 0 spiro atoms. The first-order valence-electron chi connectivity index (χ1n) is 5.26. The number of aromatic amines is 1. The predicted octanol–water partition coefficient (Wildman–Crippen LogP) is 1.19. The first-order valence-corrected chi connectivity index (χ1v) is 5.26. The Morgan fingerprint density at radius 2 is 2.06 bits per heavy atom. The quantitative estimate of drug-likeness (QED) is 0.774. The fourth-order valence-corrected chi connectivity index (χ4v) is 2.30. The molecule has 0 unspecified atom stereocenters. The summed E-state index contributed by atoms with van der Waals surface area (Å²) in [5, 5.41) is 27.1. The number of rotatable bonds is 1. The number of nitrogens with one attached hydrogen (secondary N) is 1. The van der Waals surface area contributed by atoms with Crippen molar-refractivity contribution in [3.8, 4) is 0 Å². The van der Waals surface area contributed by atoms with Gasteiger partial charge in [0.25, 0.3) is 0 Å². The monoisotopic (exact) mass is 222 g/mol. The van der Waals surface area contributed by atoms with Gasteiger partial charge in [-0.15, -0.1) is 20.5 Å². The molecule has 16 heavy (non-hydrogen) atoms. The van der Waals surface area contributed by atoms with Gasteiger partial charge in [0.2, 0.25) is 0 Å². The molecule has 1 aliphatic rings. The third-order valence-corrected chi connectivity index (χ3v) is 2.86. The Labute approximate surface area is 94.3 Å². The van der Waals surface area contributed by atoms with Crippen LogP contribution in [0.1, 0.15) is 39.9 Å². The summed E-state index contributed by atoms with van der Waals surface area (Å²) in [5.41, 5.74) is -0.0257. The van der Waals surface area contributed by atoms with E-state index >= 15 is 0 Å². The molecule has 2 rings (SSSR count). The van der Waals surface area contributed by atoms with Gasteiger partial charge in [-0.3, -0.25) is 0 Å². The Hall–Kier alpha value is -1.27. The standard InChI is InChI=1S/C10H16N5O/c1-9(2)5-7(8-11-13-14-12-8)6-10(3,4)15(9)16/h5H,6H2,1-4H3,(H,11,12,13,14). The number of tetrazole rings is 1. The molecule has 2 heterocycles. The molecule has 0 aromatic carbocycles. The number of nitrogens with zero attached hydrogens (tertiary/aromatic N) is 4. The third kappa shape index (κ3) is 1.74. The second-order valence-electron chi connectivity index (χ2n) is 5.34. The van der Waals surface area contributed by atoms with Crippen LogP contribution in [-0.2, 0) is 5.21 Å². The number of H-pyrrole nitrogens is 1. The van der Waals surface area contributed by atoms with Crippen LogP contribution in [0, 0.1) is 0 Å². The number of hydroxylamine groups is 2. The van der Waals surface area contributed by atoms with E-state index in [2.05, 4.69) is 20.6 Å². The highest BCUT2D eigenvalue weighted by molar-refractivity contribution is 5.63. The highest BCUT2D eigenvalue weighted by Crippen LogP contribution is 2.38. The molecule has 0 fully saturated rings. The third-order valence-electron chi connectivity index (χ3n) is 2.86. The Balaban J connectivity index is 2.42. The van der Waals surface area contributed by atoms with Crippen molar-refractivity contribution in [2.75, 3.05) is 0 Å². The zero-order chi connectivity index (χ0) is 12.0. The van der Waals surface area contributed by atoms with Crippen LogP contribution in [-0.4, -0.2) is 36.8 Å². The molecule has 0 saturated carbocycles. The molecular weight excluding hydrogens is 206 g/mol. The van der Waals surface area contributed by atoms with Crippen LogP contribution >= 0.6 is 0 Å². The summed E-state index contributed by atoms with van der Waals surface area (Å²) in [4.78, 5) is 0. The topological polar surface area (TPSA) is 77.6 Å². The normalized spacial score (nSPS) is 24.2. The van der Waals surface area contributed by atoms with Gasteiger partial charge in [0, 0.05) is 11.1 Å². The molecule has 0 amide bonds. The molecule has 0 saturated heterocycles. The minimum atomic E-state index is -0.544. The van der Waals surface area contributed by atoms with Gasteiger partial charge in [-0.25, -0.2) is 0 Å². The molecule has 6 nitrogen and oxygen atoms in total. The van der Waals surface area contributed by atoms with Gasteiger partial charge in [0.15, 0.2) is 5.82 Å². The lowest BCUT2D eigenvalue weighted by Crippen LogP contribution is -2.54. The zero-order valence-corrected chi connectivity index (χ0v) is 9.98. The average Bonchev–Trinajstić information content (AvgIpc) is 2.65. The lowest BCUT2D eigenvalue weighted by Gasteiger charge is -2.44. The molecule has 1 aliphatic heterocycles. The van der Waals surface area contributed by atoms with Crippen LogP contribution in [0.15, 0.2) is 6.08 Å². The van der Waals surface area contributed by atoms with Crippen molar-refractivity contribution < 1.29 is 5.21 Å². The first-order chi connectivity index (χ1) is 7.33. The van der Waals surface area contributed by atoms with Gasteiger partial charge in [0.05, 0.1) is 5.54 Å². The fraction of sp³-hybridized carbons (Fsp3) is 0.700. The van der Waals surface area contributed by atoms with Gasteiger partial charge in [-0.05, 0) is 39.3 Å². The molecule has 6 heteroatoms. The minimum Gasteiger partial charge on any atom is -0.177 e. The Morgan fingerprint density at radius 3 is 2.56 bits per heavy atom. The van der Waals surface area contributed by atoms with Gasteiger partial charge in [-0.2, -0.15) is 5.21 Å². The van der Waals surface area contributed by atoms with Crippen molar-refractivity contribution in [3.63, 3.8) is 0 Å². The zero-order valence-electron chi connectivity index (χ0n) is 9.98. The van der Waals surface area contributed by atoms with E-state index in [9.17, 15) is 5.21 Å². The molecular formula is C10H16N5O. The lowest BCUT2D eigenvalue weighted by molar-refractivity contribution is -0.260.